The fraction of sp³-hybridized carbons (Fsp3) is 0.667. The molecule has 22 heavy (non-hydrogen) atoms. The average molecular weight is 307 g/mol. The van der Waals surface area contributed by atoms with Gasteiger partial charge in [-0.05, 0) is 45.4 Å². The van der Waals surface area contributed by atoms with Crippen molar-refractivity contribution in [1.29, 1.82) is 0 Å². The normalized spacial score (nSPS) is 21.6. The third-order valence-electron chi connectivity index (χ3n) is 3.92. The lowest BCUT2D eigenvalue weighted by Crippen LogP contribution is -2.29. The average Bonchev–Trinajstić information content (AvgIpc) is 2.47. The number of nitrogens with zero attached hydrogens (tertiary/aromatic N) is 2. The first-order valence-electron chi connectivity index (χ1n) is 7.80. The van der Waals surface area contributed by atoms with Gasteiger partial charge in [0.05, 0.1) is 5.56 Å². The lowest BCUT2D eigenvalue weighted by Gasteiger charge is -2.28. The first-order chi connectivity index (χ1) is 10.5. The quantitative estimate of drug-likeness (QED) is 0.631. The van der Waals surface area contributed by atoms with Crippen LogP contribution in [0.2, 0.25) is 0 Å². The van der Waals surface area contributed by atoms with E-state index in [9.17, 15) is 9.90 Å². The predicted molar refractivity (Wildman–Crippen MR) is 85.8 cm³/mol. The summed E-state index contributed by atoms with van der Waals surface area (Å²) in [5, 5.41) is 15.6. The van der Waals surface area contributed by atoms with Crippen LogP contribution in [0.3, 0.4) is 0 Å². The van der Waals surface area contributed by atoms with Gasteiger partial charge in [-0.3, -0.25) is 4.79 Å². The second kappa shape index (κ2) is 7.40. The topological polar surface area (TPSA) is 113 Å². The molecule has 0 unspecified atom stereocenters. The van der Waals surface area contributed by atoms with Crippen molar-refractivity contribution in [3.8, 4) is 0 Å². The van der Waals surface area contributed by atoms with Crippen LogP contribution >= 0.6 is 0 Å². The Morgan fingerprint density at radius 3 is 2.64 bits per heavy atom. The van der Waals surface area contributed by atoms with Gasteiger partial charge >= 0.3 is 0 Å². The lowest BCUT2D eigenvalue weighted by molar-refractivity contribution is 0.100. The van der Waals surface area contributed by atoms with Crippen LogP contribution in [-0.2, 0) is 0 Å². The van der Waals surface area contributed by atoms with Crippen LogP contribution in [0.5, 0.6) is 0 Å². The summed E-state index contributed by atoms with van der Waals surface area (Å²) in [4.78, 5) is 20.1. The summed E-state index contributed by atoms with van der Waals surface area (Å²) in [7, 11) is 0. The Bertz CT molecular complexity index is 513. The zero-order valence-electron chi connectivity index (χ0n) is 13.2. The number of hydrogen-bond donors (Lipinski definition) is 4. The summed E-state index contributed by atoms with van der Waals surface area (Å²) in [6.07, 6.45) is 5.30. The van der Waals surface area contributed by atoms with Gasteiger partial charge < -0.3 is 21.5 Å². The van der Waals surface area contributed by atoms with E-state index in [1.807, 2.05) is 13.8 Å². The van der Waals surface area contributed by atoms with E-state index < -0.39 is 5.91 Å². The van der Waals surface area contributed by atoms with E-state index in [0.29, 0.717) is 23.2 Å². The molecular weight excluding hydrogens is 282 g/mol. The van der Waals surface area contributed by atoms with E-state index in [-0.39, 0.29) is 18.7 Å². The van der Waals surface area contributed by atoms with Crippen LogP contribution in [-0.4, -0.2) is 39.7 Å². The molecule has 1 saturated carbocycles. The number of hydrogen-bond acceptors (Lipinski definition) is 6. The Hall–Kier alpha value is -1.89. The van der Waals surface area contributed by atoms with Crippen molar-refractivity contribution in [3.05, 3.63) is 11.8 Å². The maximum atomic E-state index is 11.5. The molecule has 0 atom stereocenters. The molecular formula is C15H25N5O2. The van der Waals surface area contributed by atoms with Crippen molar-refractivity contribution >= 4 is 17.7 Å². The molecule has 1 aliphatic carbocycles. The molecule has 1 amide bonds. The minimum absolute atomic E-state index is 0.201. The smallest absolute Gasteiger partial charge is 0.254 e. The number of carbonyl (C=O) groups is 1. The molecule has 2 rings (SSSR count). The third-order valence-corrected chi connectivity index (χ3v) is 3.92. The zero-order chi connectivity index (χ0) is 16.1. The summed E-state index contributed by atoms with van der Waals surface area (Å²) in [5.41, 5.74) is 5.71. The third kappa shape index (κ3) is 4.30. The predicted octanol–water partition coefficient (Wildman–Crippen LogP) is 1.36. The van der Waals surface area contributed by atoms with Crippen LogP contribution < -0.4 is 16.4 Å². The number of nitrogens with one attached hydrogen (secondary N) is 2. The number of carbonyl (C=O) groups excluding carboxylic acids is 1. The molecule has 1 heterocycles. The first-order valence-corrected chi connectivity index (χ1v) is 7.80. The molecule has 1 aromatic heterocycles. The molecule has 5 N–H and O–H groups in total. The van der Waals surface area contributed by atoms with Crippen LogP contribution in [0.25, 0.3) is 0 Å². The highest BCUT2D eigenvalue weighted by molar-refractivity contribution is 5.97. The van der Waals surface area contributed by atoms with Crippen LogP contribution in [0.15, 0.2) is 6.20 Å². The van der Waals surface area contributed by atoms with E-state index in [1.165, 1.54) is 6.20 Å². The van der Waals surface area contributed by atoms with Crippen LogP contribution in [0.4, 0.5) is 11.8 Å². The van der Waals surface area contributed by atoms with E-state index in [4.69, 9.17) is 5.73 Å². The van der Waals surface area contributed by atoms with Gasteiger partial charge in [0.2, 0.25) is 5.95 Å². The molecule has 122 valence electrons. The lowest BCUT2D eigenvalue weighted by atomic mass is 9.86. The van der Waals surface area contributed by atoms with Gasteiger partial charge in [-0.1, -0.05) is 0 Å². The molecule has 7 nitrogen and oxygen atoms in total. The Kier molecular flexibility index (Phi) is 5.54. The molecule has 0 radical (unpaired) electrons. The van der Waals surface area contributed by atoms with Crippen molar-refractivity contribution < 1.29 is 9.90 Å². The zero-order valence-corrected chi connectivity index (χ0v) is 13.2. The Morgan fingerprint density at radius 2 is 2.09 bits per heavy atom. The molecule has 0 spiro atoms. The molecule has 1 fully saturated rings. The summed E-state index contributed by atoms with van der Waals surface area (Å²) >= 11 is 0. The SMILES string of the molecule is CC(C)Nc1ncc(C(N)=O)c(N[C@H]2CC[C@@H](CO)CC2)n1. The van der Waals surface area contributed by atoms with Crippen molar-refractivity contribution in [2.24, 2.45) is 11.7 Å². The van der Waals surface area contributed by atoms with Gasteiger partial charge in [-0.2, -0.15) is 4.98 Å². The van der Waals surface area contributed by atoms with Crippen molar-refractivity contribution in [1.82, 2.24) is 9.97 Å². The van der Waals surface area contributed by atoms with E-state index in [0.717, 1.165) is 25.7 Å². The summed E-state index contributed by atoms with van der Waals surface area (Å²) in [6, 6.07) is 0.440. The van der Waals surface area contributed by atoms with Crippen molar-refractivity contribution in [3.63, 3.8) is 0 Å². The number of anilines is 2. The summed E-state index contributed by atoms with van der Waals surface area (Å²) in [5.74, 6) is 0.810. The number of aliphatic hydroxyl groups excluding tert-OH is 1. The second-order valence-corrected chi connectivity index (χ2v) is 6.16. The Balaban J connectivity index is 2.11. The second-order valence-electron chi connectivity index (χ2n) is 6.16. The highest BCUT2D eigenvalue weighted by Crippen LogP contribution is 2.27. The van der Waals surface area contributed by atoms with Crippen LogP contribution in [0.1, 0.15) is 49.9 Å². The fourth-order valence-corrected chi connectivity index (χ4v) is 2.68. The number of aromatic nitrogens is 2. The number of primary amides is 1. The molecule has 0 saturated heterocycles. The monoisotopic (exact) mass is 307 g/mol. The van der Waals surface area contributed by atoms with Crippen molar-refractivity contribution in [2.45, 2.75) is 51.6 Å². The fourth-order valence-electron chi connectivity index (χ4n) is 2.68. The number of aliphatic hydroxyl groups is 1. The number of amides is 1. The minimum atomic E-state index is -0.539. The molecule has 0 aromatic carbocycles. The number of rotatable bonds is 6. The largest absolute Gasteiger partial charge is 0.396 e. The van der Waals surface area contributed by atoms with Gasteiger partial charge in [0.1, 0.15) is 5.82 Å². The Morgan fingerprint density at radius 1 is 1.41 bits per heavy atom. The maximum Gasteiger partial charge on any atom is 0.254 e. The van der Waals surface area contributed by atoms with Gasteiger partial charge in [-0.25, -0.2) is 4.98 Å². The van der Waals surface area contributed by atoms with Gasteiger partial charge in [0, 0.05) is 24.9 Å². The molecule has 0 bridgehead atoms. The molecule has 7 heteroatoms. The van der Waals surface area contributed by atoms with E-state index in [1.54, 1.807) is 0 Å². The highest BCUT2D eigenvalue weighted by Gasteiger charge is 2.22. The van der Waals surface area contributed by atoms with Gasteiger partial charge in [0.15, 0.2) is 0 Å². The minimum Gasteiger partial charge on any atom is -0.396 e. The van der Waals surface area contributed by atoms with E-state index >= 15 is 0 Å². The van der Waals surface area contributed by atoms with Gasteiger partial charge in [0.25, 0.3) is 5.91 Å². The van der Waals surface area contributed by atoms with Crippen molar-refractivity contribution in [2.75, 3.05) is 17.2 Å². The molecule has 0 aliphatic heterocycles. The standard InChI is InChI=1S/C15H25N5O2/c1-9(2)18-15-17-7-12(13(16)22)14(20-15)19-11-5-3-10(8-21)4-6-11/h7,9-11,21H,3-6,8H2,1-2H3,(H2,16,22)(H2,17,18,19,20)/t10-,11+. The Labute approximate surface area is 130 Å². The van der Waals surface area contributed by atoms with Gasteiger partial charge in [-0.15, -0.1) is 0 Å². The summed E-state index contributed by atoms with van der Waals surface area (Å²) < 4.78 is 0. The maximum absolute atomic E-state index is 11.5. The molecule has 1 aliphatic rings. The van der Waals surface area contributed by atoms with E-state index in [2.05, 4.69) is 20.6 Å². The summed E-state index contributed by atoms with van der Waals surface area (Å²) in [6.45, 7) is 4.23. The van der Waals surface area contributed by atoms with Crippen LogP contribution in [0, 0.1) is 5.92 Å². The first kappa shape index (κ1) is 16.5. The highest BCUT2D eigenvalue weighted by atomic mass is 16.3. The number of nitrogens with two attached hydrogens (primary N) is 1. The molecule has 1 aromatic rings.